The molecule has 0 saturated carbocycles. The van der Waals surface area contributed by atoms with Gasteiger partial charge in [-0.05, 0) is 35.1 Å². The number of halogens is 1. The number of carbonyl (C=O) groups is 1. The van der Waals surface area contributed by atoms with Crippen molar-refractivity contribution in [3.63, 3.8) is 0 Å². The van der Waals surface area contributed by atoms with Crippen molar-refractivity contribution in [2.24, 2.45) is 0 Å². The van der Waals surface area contributed by atoms with Crippen LogP contribution in [0.4, 0.5) is 0 Å². The third kappa shape index (κ3) is 10.1. The lowest BCUT2D eigenvalue weighted by molar-refractivity contribution is -0.140. The van der Waals surface area contributed by atoms with E-state index in [2.05, 4.69) is 66.3 Å². The fourth-order valence-corrected chi connectivity index (χ4v) is 5.43. The van der Waals surface area contributed by atoms with Crippen LogP contribution in [0.5, 0.6) is 0 Å². The van der Waals surface area contributed by atoms with Crippen LogP contribution in [-0.4, -0.2) is 27.5 Å². The summed E-state index contributed by atoms with van der Waals surface area (Å²) in [6.07, 6.45) is 12.5. The summed E-state index contributed by atoms with van der Waals surface area (Å²) in [6, 6.07) is 3.45. The fourth-order valence-electron chi connectivity index (χ4n) is 2.37. The Morgan fingerprint density at radius 3 is 2.30 bits per heavy atom. The largest absolute Gasteiger partial charge is 0.469 e. The second-order valence-electron chi connectivity index (χ2n) is 5.43. The molecule has 0 aromatic carbocycles. The normalized spacial score (nSPS) is 14.1. The predicted octanol–water partition coefficient (Wildman–Crippen LogP) is 5.78. The van der Waals surface area contributed by atoms with E-state index in [0.29, 0.717) is 12.8 Å². The molecule has 23 heavy (non-hydrogen) atoms. The summed E-state index contributed by atoms with van der Waals surface area (Å²) in [5.41, 5.74) is 0. The number of rotatable bonds is 12. The fraction of sp³-hybridized carbons (Fsp3) is 0.611. The van der Waals surface area contributed by atoms with Gasteiger partial charge >= 0.3 is 5.97 Å². The molecule has 132 valence electrons. The van der Waals surface area contributed by atoms with Gasteiger partial charge < -0.3 is 9.16 Å². The molecule has 0 heterocycles. The SMILES string of the molecule is CC[Si](CC)(CC)O[C@@H](/C=C/C=C/I)C/C=C\CCC(=O)OC. The van der Waals surface area contributed by atoms with Gasteiger partial charge in [0.2, 0.25) is 0 Å². The van der Waals surface area contributed by atoms with Gasteiger partial charge in [-0.25, -0.2) is 0 Å². The van der Waals surface area contributed by atoms with Gasteiger partial charge in [-0.3, -0.25) is 4.79 Å². The number of methoxy groups -OCH3 is 1. The highest BCUT2D eigenvalue weighted by atomic mass is 127. The van der Waals surface area contributed by atoms with E-state index in [9.17, 15) is 4.79 Å². The van der Waals surface area contributed by atoms with E-state index in [1.807, 2.05) is 16.2 Å². The second-order valence-corrected chi connectivity index (χ2v) is 10.9. The Labute approximate surface area is 156 Å². The Kier molecular flexibility index (Phi) is 13.7. The lowest BCUT2D eigenvalue weighted by atomic mass is 10.2. The van der Waals surface area contributed by atoms with Crippen LogP contribution in [0.25, 0.3) is 0 Å². The highest BCUT2D eigenvalue weighted by Crippen LogP contribution is 2.25. The van der Waals surface area contributed by atoms with Crippen molar-refractivity contribution < 1.29 is 14.0 Å². The van der Waals surface area contributed by atoms with Crippen LogP contribution in [0.3, 0.4) is 0 Å². The van der Waals surface area contributed by atoms with Gasteiger partial charge in [-0.15, -0.1) is 0 Å². The molecule has 0 aliphatic carbocycles. The number of allylic oxidation sites excluding steroid dienone is 3. The summed E-state index contributed by atoms with van der Waals surface area (Å²) in [5.74, 6) is -0.163. The third-order valence-electron chi connectivity index (χ3n) is 4.12. The second kappa shape index (κ2) is 14.0. The summed E-state index contributed by atoms with van der Waals surface area (Å²) >= 11 is 2.21. The average Bonchev–Trinajstić information content (AvgIpc) is 2.58. The van der Waals surface area contributed by atoms with Crippen LogP contribution >= 0.6 is 22.6 Å². The standard InChI is InChI=1S/C18H31IO3Si/c1-5-23(6-2,7-3)22-17(14-11-12-16-19)13-9-8-10-15-18(20)21-4/h8-9,11-12,14,16-17H,5-7,10,13,15H2,1-4H3/b9-8-,14-11+,16-12+/t17-/m1/s1. The van der Waals surface area contributed by atoms with Gasteiger partial charge in [0.05, 0.1) is 13.2 Å². The van der Waals surface area contributed by atoms with Crippen molar-refractivity contribution in [1.82, 2.24) is 0 Å². The van der Waals surface area contributed by atoms with E-state index >= 15 is 0 Å². The van der Waals surface area contributed by atoms with Crippen LogP contribution in [0.2, 0.25) is 18.1 Å². The first-order valence-electron chi connectivity index (χ1n) is 8.40. The maximum Gasteiger partial charge on any atom is 0.305 e. The Hall–Kier alpha value is -0.403. The molecular weight excluding hydrogens is 419 g/mol. The van der Waals surface area contributed by atoms with E-state index < -0.39 is 8.32 Å². The number of hydrogen-bond donors (Lipinski definition) is 0. The highest BCUT2D eigenvalue weighted by molar-refractivity contribution is 14.1. The zero-order chi connectivity index (χ0) is 17.6. The molecule has 3 nitrogen and oxygen atoms in total. The Bertz CT molecular complexity index is 393. The van der Waals surface area contributed by atoms with Crippen molar-refractivity contribution in [3.05, 3.63) is 34.5 Å². The van der Waals surface area contributed by atoms with Crippen LogP contribution < -0.4 is 0 Å². The summed E-state index contributed by atoms with van der Waals surface area (Å²) in [6.45, 7) is 6.74. The quantitative estimate of drug-likeness (QED) is 0.124. The molecule has 0 fully saturated rings. The summed E-state index contributed by atoms with van der Waals surface area (Å²) in [7, 11) is -0.196. The summed E-state index contributed by atoms with van der Waals surface area (Å²) in [4.78, 5) is 11.1. The maximum absolute atomic E-state index is 11.1. The molecular formula is C18H31IO3Si. The molecule has 0 amide bonds. The Morgan fingerprint density at radius 2 is 1.78 bits per heavy atom. The molecule has 0 aliphatic rings. The van der Waals surface area contributed by atoms with Crippen molar-refractivity contribution in [2.45, 2.75) is 64.3 Å². The van der Waals surface area contributed by atoms with Gasteiger partial charge in [0.15, 0.2) is 8.32 Å². The smallest absolute Gasteiger partial charge is 0.305 e. The lowest BCUT2D eigenvalue weighted by Crippen LogP contribution is -2.39. The Balaban J connectivity index is 4.68. The minimum atomic E-state index is -1.62. The summed E-state index contributed by atoms with van der Waals surface area (Å²) < 4.78 is 13.2. The van der Waals surface area contributed by atoms with Crippen molar-refractivity contribution in [2.75, 3.05) is 7.11 Å². The van der Waals surface area contributed by atoms with Crippen LogP contribution in [0, 0.1) is 0 Å². The van der Waals surface area contributed by atoms with E-state index in [1.165, 1.54) is 7.11 Å². The molecule has 0 unspecified atom stereocenters. The zero-order valence-electron chi connectivity index (χ0n) is 14.9. The van der Waals surface area contributed by atoms with Gasteiger partial charge in [0.1, 0.15) is 0 Å². The molecule has 0 spiro atoms. The zero-order valence-corrected chi connectivity index (χ0v) is 18.0. The summed E-state index contributed by atoms with van der Waals surface area (Å²) in [5, 5.41) is 0. The number of carbonyl (C=O) groups excluding carboxylic acids is 1. The van der Waals surface area contributed by atoms with Gasteiger partial charge in [0, 0.05) is 6.42 Å². The van der Waals surface area contributed by atoms with E-state index in [1.54, 1.807) is 0 Å². The molecule has 0 aliphatic heterocycles. The van der Waals surface area contributed by atoms with E-state index in [-0.39, 0.29) is 12.1 Å². The predicted molar refractivity (Wildman–Crippen MR) is 109 cm³/mol. The van der Waals surface area contributed by atoms with Gasteiger partial charge in [-0.1, -0.05) is 73.7 Å². The molecule has 0 radical (unpaired) electrons. The third-order valence-corrected chi connectivity index (χ3v) is 9.21. The number of esters is 1. The molecule has 0 aromatic rings. The minimum absolute atomic E-state index is 0.114. The first-order valence-corrected chi connectivity index (χ1v) is 12.2. The Morgan fingerprint density at radius 1 is 1.13 bits per heavy atom. The highest BCUT2D eigenvalue weighted by Gasteiger charge is 2.30. The lowest BCUT2D eigenvalue weighted by Gasteiger charge is -2.31. The maximum atomic E-state index is 11.1. The van der Waals surface area contributed by atoms with E-state index in [0.717, 1.165) is 24.6 Å². The molecule has 0 rings (SSSR count). The van der Waals surface area contributed by atoms with Crippen LogP contribution in [0.15, 0.2) is 34.5 Å². The molecule has 1 atom stereocenters. The van der Waals surface area contributed by atoms with E-state index in [4.69, 9.17) is 4.43 Å². The molecule has 0 aromatic heterocycles. The molecule has 0 N–H and O–H groups in total. The van der Waals surface area contributed by atoms with Gasteiger partial charge in [-0.2, -0.15) is 0 Å². The monoisotopic (exact) mass is 450 g/mol. The van der Waals surface area contributed by atoms with Crippen molar-refractivity contribution in [3.8, 4) is 0 Å². The van der Waals surface area contributed by atoms with Crippen LogP contribution in [0.1, 0.15) is 40.0 Å². The topological polar surface area (TPSA) is 35.5 Å². The van der Waals surface area contributed by atoms with Crippen molar-refractivity contribution in [1.29, 1.82) is 0 Å². The molecule has 5 heteroatoms. The van der Waals surface area contributed by atoms with Crippen LogP contribution in [-0.2, 0) is 14.0 Å². The number of hydrogen-bond acceptors (Lipinski definition) is 3. The first-order chi connectivity index (χ1) is 11.1. The number of ether oxygens (including phenoxy) is 1. The molecule has 0 bridgehead atoms. The minimum Gasteiger partial charge on any atom is -0.469 e. The van der Waals surface area contributed by atoms with Crippen molar-refractivity contribution >= 4 is 36.9 Å². The average molecular weight is 450 g/mol. The first kappa shape index (κ1) is 22.6. The molecule has 0 saturated heterocycles. The van der Waals surface area contributed by atoms with Gasteiger partial charge in [0.25, 0.3) is 0 Å².